The van der Waals surface area contributed by atoms with Gasteiger partial charge in [0.15, 0.2) is 0 Å². The number of anilines is 1. The maximum absolute atomic E-state index is 11.8. The minimum Gasteiger partial charge on any atom is -0.399 e. The number of benzene rings is 2. The summed E-state index contributed by atoms with van der Waals surface area (Å²) in [6.45, 7) is 0.237. The lowest BCUT2D eigenvalue weighted by Crippen LogP contribution is -2.39. The van der Waals surface area contributed by atoms with E-state index in [0.29, 0.717) is 16.3 Å². The van der Waals surface area contributed by atoms with Crippen LogP contribution in [0.5, 0.6) is 0 Å². The molecule has 2 rings (SSSR count). The standard InChI is InChI=1S/C15H14ClN3O2/c16-13-4-2-1-3-11(13)9-18-15(21)19-14(20)10-5-7-12(17)8-6-10/h1-8H,9,17H2,(H2,18,19,20,21). The van der Waals surface area contributed by atoms with Crippen molar-refractivity contribution in [3.05, 3.63) is 64.7 Å². The van der Waals surface area contributed by atoms with Crippen molar-refractivity contribution < 1.29 is 9.59 Å². The molecule has 0 aliphatic heterocycles. The third-order valence-corrected chi connectivity index (χ3v) is 3.17. The second-order valence-electron chi connectivity index (χ2n) is 4.35. The van der Waals surface area contributed by atoms with Crippen LogP contribution in [0.4, 0.5) is 10.5 Å². The molecule has 0 radical (unpaired) electrons. The molecule has 0 spiro atoms. The minimum absolute atomic E-state index is 0.237. The molecule has 0 aliphatic carbocycles. The maximum atomic E-state index is 11.8. The number of nitrogen functional groups attached to an aromatic ring is 1. The van der Waals surface area contributed by atoms with Crippen molar-refractivity contribution in [2.24, 2.45) is 0 Å². The van der Waals surface area contributed by atoms with Gasteiger partial charge in [0.25, 0.3) is 5.91 Å². The number of nitrogens with two attached hydrogens (primary N) is 1. The molecule has 0 saturated heterocycles. The molecule has 4 N–H and O–H groups in total. The zero-order valence-electron chi connectivity index (χ0n) is 11.1. The minimum atomic E-state index is -0.586. The number of hydrogen-bond donors (Lipinski definition) is 3. The van der Waals surface area contributed by atoms with Gasteiger partial charge >= 0.3 is 6.03 Å². The Morgan fingerprint density at radius 1 is 1.05 bits per heavy atom. The molecule has 0 heterocycles. The third kappa shape index (κ3) is 4.22. The van der Waals surface area contributed by atoms with Crippen LogP contribution >= 0.6 is 11.6 Å². The van der Waals surface area contributed by atoms with E-state index < -0.39 is 11.9 Å². The highest BCUT2D eigenvalue weighted by Gasteiger charge is 2.10. The average Bonchev–Trinajstić information content (AvgIpc) is 2.47. The summed E-state index contributed by atoms with van der Waals surface area (Å²) in [5.74, 6) is -0.494. The Morgan fingerprint density at radius 3 is 2.38 bits per heavy atom. The van der Waals surface area contributed by atoms with E-state index in [9.17, 15) is 9.59 Å². The van der Waals surface area contributed by atoms with Crippen LogP contribution < -0.4 is 16.4 Å². The summed E-state index contributed by atoms with van der Waals surface area (Å²) in [6.07, 6.45) is 0. The second kappa shape index (κ2) is 6.76. The molecule has 5 nitrogen and oxygen atoms in total. The first-order chi connectivity index (χ1) is 10.1. The molecule has 0 bridgehead atoms. The molecule has 0 aliphatic rings. The predicted octanol–water partition coefficient (Wildman–Crippen LogP) is 2.56. The lowest BCUT2D eigenvalue weighted by molar-refractivity contribution is 0.0964. The first-order valence-electron chi connectivity index (χ1n) is 6.24. The molecule has 108 valence electrons. The van der Waals surface area contributed by atoms with E-state index in [1.807, 2.05) is 6.07 Å². The average molecular weight is 304 g/mol. The van der Waals surface area contributed by atoms with Crippen molar-refractivity contribution in [2.75, 3.05) is 5.73 Å². The highest BCUT2D eigenvalue weighted by molar-refractivity contribution is 6.31. The molecule has 3 amide bonds. The zero-order chi connectivity index (χ0) is 15.2. The largest absolute Gasteiger partial charge is 0.399 e. The lowest BCUT2D eigenvalue weighted by atomic mass is 10.2. The summed E-state index contributed by atoms with van der Waals surface area (Å²) in [5.41, 5.74) is 7.21. The van der Waals surface area contributed by atoms with Gasteiger partial charge in [-0.25, -0.2) is 4.79 Å². The van der Waals surface area contributed by atoms with Crippen molar-refractivity contribution in [1.82, 2.24) is 10.6 Å². The molecule has 0 atom stereocenters. The van der Waals surface area contributed by atoms with Gasteiger partial charge in [-0.05, 0) is 35.9 Å². The van der Waals surface area contributed by atoms with Crippen molar-refractivity contribution in [3.8, 4) is 0 Å². The van der Waals surface area contributed by atoms with Crippen LogP contribution in [-0.2, 0) is 6.54 Å². The Bertz CT molecular complexity index is 656. The van der Waals surface area contributed by atoms with Crippen molar-refractivity contribution >= 4 is 29.2 Å². The van der Waals surface area contributed by atoms with Crippen LogP contribution in [0.1, 0.15) is 15.9 Å². The van der Waals surface area contributed by atoms with Gasteiger partial charge in [0.2, 0.25) is 0 Å². The monoisotopic (exact) mass is 303 g/mol. The van der Waals surface area contributed by atoms with Gasteiger partial charge in [-0.15, -0.1) is 0 Å². The smallest absolute Gasteiger partial charge is 0.321 e. The molecule has 21 heavy (non-hydrogen) atoms. The predicted molar refractivity (Wildman–Crippen MR) is 82.0 cm³/mol. The summed E-state index contributed by atoms with van der Waals surface area (Å²) < 4.78 is 0. The van der Waals surface area contributed by atoms with E-state index in [2.05, 4.69) is 10.6 Å². The van der Waals surface area contributed by atoms with Gasteiger partial charge in [0.1, 0.15) is 0 Å². The number of rotatable bonds is 3. The molecule has 6 heteroatoms. The van der Waals surface area contributed by atoms with Crippen molar-refractivity contribution in [3.63, 3.8) is 0 Å². The van der Waals surface area contributed by atoms with E-state index in [-0.39, 0.29) is 6.54 Å². The Kier molecular flexibility index (Phi) is 4.79. The van der Waals surface area contributed by atoms with E-state index in [4.69, 9.17) is 17.3 Å². The number of imide groups is 1. The summed E-state index contributed by atoms with van der Waals surface area (Å²) in [4.78, 5) is 23.5. The molecule has 0 unspecified atom stereocenters. The molecule has 0 fully saturated rings. The van der Waals surface area contributed by atoms with Crippen LogP contribution in [0.3, 0.4) is 0 Å². The number of urea groups is 1. The van der Waals surface area contributed by atoms with Gasteiger partial charge in [0, 0.05) is 22.8 Å². The topological polar surface area (TPSA) is 84.2 Å². The zero-order valence-corrected chi connectivity index (χ0v) is 11.9. The highest BCUT2D eigenvalue weighted by Crippen LogP contribution is 2.14. The molecule has 0 saturated carbocycles. The fraction of sp³-hybridized carbons (Fsp3) is 0.0667. The van der Waals surface area contributed by atoms with Gasteiger partial charge in [-0.3, -0.25) is 10.1 Å². The summed E-state index contributed by atoms with van der Waals surface area (Å²) in [5, 5.41) is 5.36. The second-order valence-corrected chi connectivity index (χ2v) is 4.76. The first-order valence-corrected chi connectivity index (χ1v) is 6.62. The Morgan fingerprint density at radius 2 is 1.71 bits per heavy atom. The third-order valence-electron chi connectivity index (χ3n) is 2.80. The number of carbonyl (C=O) groups excluding carboxylic acids is 2. The van der Waals surface area contributed by atoms with Gasteiger partial charge in [0.05, 0.1) is 0 Å². The molecular weight excluding hydrogens is 290 g/mol. The van der Waals surface area contributed by atoms with E-state index in [1.165, 1.54) is 0 Å². The van der Waals surface area contributed by atoms with Crippen molar-refractivity contribution in [1.29, 1.82) is 0 Å². The quantitative estimate of drug-likeness (QED) is 0.762. The Balaban J connectivity index is 1.88. The molecular formula is C15H14ClN3O2. The normalized spacial score (nSPS) is 9.95. The molecule has 0 aromatic heterocycles. The number of hydrogen-bond acceptors (Lipinski definition) is 3. The fourth-order valence-corrected chi connectivity index (χ4v) is 1.87. The first kappa shape index (κ1) is 14.9. The summed E-state index contributed by atoms with van der Waals surface area (Å²) >= 11 is 5.97. The van der Waals surface area contributed by atoms with Crippen LogP contribution in [0.15, 0.2) is 48.5 Å². The Hall–Kier alpha value is -2.53. The maximum Gasteiger partial charge on any atom is 0.321 e. The van der Waals surface area contributed by atoms with E-state index >= 15 is 0 Å². The number of nitrogens with one attached hydrogen (secondary N) is 2. The van der Waals surface area contributed by atoms with Gasteiger partial charge in [-0.1, -0.05) is 29.8 Å². The van der Waals surface area contributed by atoms with Gasteiger partial charge < -0.3 is 11.1 Å². The number of amides is 3. The summed E-state index contributed by atoms with van der Waals surface area (Å²) in [6, 6.07) is 12.8. The fourth-order valence-electron chi connectivity index (χ4n) is 1.67. The number of carbonyl (C=O) groups is 2. The van der Waals surface area contributed by atoms with Crippen molar-refractivity contribution in [2.45, 2.75) is 6.54 Å². The van der Waals surface area contributed by atoms with Crippen LogP contribution in [0, 0.1) is 0 Å². The van der Waals surface area contributed by atoms with Crippen LogP contribution in [0.25, 0.3) is 0 Å². The highest BCUT2D eigenvalue weighted by atomic mass is 35.5. The van der Waals surface area contributed by atoms with Crippen LogP contribution in [0.2, 0.25) is 5.02 Å². The van der Waals surface area contributed by atoms with E-state index in [1.54, 1.807) is 42.5 Å². The van der Waals surface area contributed by atoms with E-state index in [0.717, 1.165) is 5.56 Å². The molecule has 2 aromatic rings. The Labute approximate surface area is 127 Å². The van der Waals surface area contributed by atoms with Gasteiger partial charge in [-0.2, -0.15) is 0 Å². The SMILES string of the molecule is Nc1ccc(C(=O)NC(=O)NCc2ccccc2Cl)cc1. The van der Waals surface area contributed by atoms with Crippen LogP contribution in [-0.4, -0.2) is 11.9 Å². The molecule has 2 aromatic carbocycles. The summed E-state index contributed by atoms with van der Waals surface area (Å²) in [7, 11) is 0. The lowest BCUT2D eigenvalue weighted by Gasteiger charge is -2.08. The number of halogens is 1.